The number of rotatable bonds is 4. The molecule has 0 spiro atoms. The molecule has 1 aromatic heterocycles. The van der Waals surface area contributed by atoms with Gasteiger partial charge in [0.2, 0.25) is 0 Å². The van der Waals surface area contributed by atoms with Crippen molar-refractivity contribution < 1.29 is 9.21 Å². The van der Waals surface area contributed by atoms with Gasteiger partial charge in [-0.2, -0.15) is 0 Å². The normalized spacial score (nSPS) is 10.7. The minimum atomic E-state index is -0.302. The number of oxazole rings is 1. The molecule has 0 radical (unpaired) electrons. The molecular formula is C15H13N3O2S. The van der Waals surface area contributed by atoms with E-state index in [1.807, 2.05) is 36.4 Å². The fourth-order valence-electron chi connectivity index (χ4n) is 1.94. The fourth-order valence-corrected chi connectivity index (χ4v) is 2.72. The first-order chi connectivity index (χ1) is 10.3. The van der Waals surface area contributed by atoms with E-state index in [0.29, 0.717) is 16.5 Å². The van der Waals surface area contributed by atoms with Gasteiger partial charge >= 0.3 is 0 Å². The van der Waals surface area contributed by atoms with Crippen molar-refractivity contribution in [3.8, 4) is 0 Å². The van der Waals surface area contributed by atoms with Crippen LogP contribution >= 0.6 is 11.8 Å². The van der Waals surface area contributed by atoms with E-state index in [1.165, 1.54) is 11.8 Å². The lowest BCUT2D eigenvalue weighted by atomic mass is 10.1. The molecule has 2 aromatic carbocycles. The van der Waals surface area contributed by atoms with Crippen molar-refractivity contribution >= 4 is 28.8 Å². The molecule has 3 N–H and O–H groups in total. The van der Waals surface area contributed by atoms with Crippen molar-refractivity contribution in [2.24, 2.45) is 5.84 Å². The van der Waals surface area contributed by atoms with Crippen molar-refractivity contribution in [3.63, 3.8) is 0 Å². The lowest BCUT2D eigenvalue weighted by Gasteiger charge is -2.02. The van der Waals surface area contributed by atoms with Crippen molar-refractivity contribution in [1.82, 2.24) is 10.4 Å². The summed E-state index contributed by atoms with van der Waals surface area (Å²) >= 11 is 1.49. The van der Waals surface area contributed by atoms with Gasteiger partial charge < -0.3 is 4.42 Å². The number of nitrogens with two attached hydrogens (primary N) is 1. The maximum atomic E-state index is 11.5. The molecule has 6 heteroatoms. The molecule has 0 fully saturated rings. The molecular weight excluding hydrogens is 286 g/mol. The summed E-state index contributed by atoms with van der Waals surface area (Å²) in [5.74, 6) is 5.50. The summed E-state index contributed by atoms with van der Waals surface area (Å²) in [6.07, 6.45) is 0. The minimum absolute atomic E-state index is 0.302. The SMILES string of the molecule is NNC(=O)c1cccc(CSc2nc3ccccc3o2)c1. The summed E-state index contributed by atoms with van der Waals surface area (Å²) < 4.78 is 5.64. The van der Waals surface area contributed by atoms with Gasteiger partial charge in [0.05, 0.1) is 0 Å². The molecule has 21 heavy (non-hydrogen) atoms. The largest absolute Gasteiger partial charge is 0.431 e. The van der Waals surface area contributed by atoms with Gasteiger partial charge in [-0.05, 0) is 29.8 Å². The van der Waals surface area contributed by atoms with Gasteiger partial charge in [-0.3, -0.25) is 10.2 Å². The highest BCUT2D eigenvalue weighted by molar-refractivity contribution is 7.98. The molecule has 3 aromatic rings. The van der Waals surface area contributed by atoms with Gasteiger partial charge in [0.25, 0.3) is 11.1 Å². The van der Waals surface area contributed by atoms with Crippen molar-refractivity contribution in [2.45, 2.75) is 11.0 Å². The van der Waals surface area contributed by atoms with E-state index in [0.717, 1.165) is 16.7 Å². The Labute approximate surface area is 125 Å². The lowest BCUT2D eigenvalue weighted by molar-refractivity contribution is 0.0953. The zero-order chi connectivity index (χ0) is 14.7. The zero-order valence-corrected chi connectivity index (χ0v) is 11.9. The molecule has 0 bridgehead atoms. The van der Waals surface area contributed by atoms with Gasteiger partial charge in [0, 0.05) is 11.3 Å². The quantitative estimate of drug-likeness (QED) is 0.335. The van der Waals surface area contributed by atoms with Crippen LogP contribution in [0.25, 0.3) is 11.1 Å². The standard InChI is InChI=1S/C15H13N3O2S/c16-18-14(19)11-5-3-4-10(8-11)9-21-15-17-12-6-1-2-7-13(12)20-15/h1-8H,9,16H2,(H,18,19). The van der Waals surface area contributed by atoms with Crippen LogP contribution in [0.3, 0.4) is 0 Å². The molecule has 0 unspecified atom stereocenters. The number of benzene rings is 2. The zero-order valence-electron chi connectivity index (χ0n) is 11.1. The van der Waals surface area contributed by atoms with Gasteiger partial charge in [-0.1, -0.05) is 36.0 Å². The number of thioether (sulfide) groups is 1. The Bertz CT molecular complexity index is 752. The second-order valence-electron chi connectivity index (χ2n) is 4.41. The summed E-state index contributed by atoms with van der Waals surface area (Å²) in [6, 6.07) is 14.9. The predicted molar refractivity (Wildman–Crippen MR) is 81.7 cm³/mol. The van der Waals surface area contributed by atoms with Crippen LogP contribution in [0.1, 0.15) is 15.9 Å². The Morgan fingerprint density at radius 2 is 2.10 bits per heavy atom. The third-order valence-electron chi connectivity index (χ3n) is 2.96. The molecule has 1 amide bonds. The fraction of sp³-hybridized carbons (Fsp3) is 0.0667. The number of nitrogens with zero attached hydrogens (tertiary/aromatic N) is 1. The lowest BCUT2D eigenvalue weighted by Crippen LogP contribution is -2.29. The molecule has 106 valence electrons. The van der Waals surface area contributed by atoms with E-state index >= 15 is 0 Å². The molecule has 1 heterocycles. The number of aromatic nitrogens is 1. The first kappa shape index (κ1) is 13.7. The highest BCUT2D eigenvalue weighted by atomic mass is 32.2. The van der Waals surface area contributed by atoms with E-state index in [-0.39, 0.29) is 5.91 Å². The average Bonchev–Trinajstić information content (AvgIpc) is 2.95. The average molecular weight is 299 g/mol. The second-order valence-corrected chi connectivity index (χ2v) is 5.34. The van der Waals surface area contributed by atoms with E-state index in [9.17, 15) is 4.79 Å². The number of nitrogen functional groups attached to an aromatic ring is 1. The summed E-state index contributed by atoms with van der Waals surface area (Å²) in [5, 5.41) is 0.616. The summed E-state index contributed by atoms with van der Waals surface area (Å²) in [7, 11) is 0. The Morgan fingerprint density at radius 3 is 2.90 bits per heavy atom. The topological polar surface area (TPSA) is 81.1 Å². The number of amides is 1. The maximum absolute atomic E-state index is 11.5. The Morgan fingerprint density at radius 1 is 1.24 bits per heavy atom. The molecule has 0 saturated heterocycles. The Kier molecular flexibility index (Phi) is 3.89. The minimum Gasteiger partial charge on any atom is -0.431 e. The maximum Gasteiger partial charge on any atom is 0.265 e. The molecule has 0 atom stereocenters. The van der Waals surface area contributed by atoms with Gasteiger partial charge in [0.1, 0.15) is 5.52 Å². The molecule has 0 aliphatic carbocycles. The van der Waals surface area contributed by atoms with Gasteiger partial charge in [-0.15, -0.1) is 0 Å². The Hall–Kier alpha value is -2.31. The van der Waals surface area contributed by atoms with E-state index in [4.69, 9.17) is 10.3 Å². The predicted octanol–water partition coefficient (Wildman–Crippen LogP) is 2.72. The number of carbonyl (C=O) groups excluding carboxylic acids is 1. The number of fused-ring (bicyclic) bond motifs is 1. The van der Waals surface area contributed by atoms with E-state index < -0.39 is 0 Å². The van der Waals surface area contributed by atoms with Crippen LogP contribution in [0.2, 0.25) is 0 Å². The number of hydrogen-bond donors (Lipinski definition) is 2. The first-order valence-corrected chi connectivity index (χ1v) is 7.33. The number of para-hydroxylation sites is 2. The highest BCUT2D eigenvalue weighted by Crippen LogP contribution is 2.26. The third kappa shape index (κ3) is 3.07. The number of carbonyl (C=O) groups is 1. The van der Waals surface area contributed by atoms with Crippen LogP contribution in [0.15, 0.2) is 58.2 Å². The van der Waals surface area contributed by atoms with Gasteiger partial charge in [0.15, 0.2) is 5.58 Å². The molecule has 0 aliphatic rings. The van der Waals surface area contributed by atoms with Crippen molar-refractivity contribution in [1.29, 1.82) is 0 Å². The molecule has 3 rings (SSSR count). The van der Waals surface area contributed by atoms with E-state index in [1.54, 1.807) is 12.1 Å². The monoisotopic (exact) mass is 299 g/mol. The van der Waals surface area contributed by atoms with Crippen LogP contribution < -0.4 is 11.3 Å². The van der Waals surface area contributed by atoms with E-state index in [2.05, 4.69) is 10.4 Å². The molecule has 0 aliphatic heterocycles. The number of hydrogen-bond acceptors (Lipinski definition) is 5. The van der Waals surface area contributed by atoms with Crippen LogP contribution in [-0.4, -0.2) is 10.9 Å². The summed E-state index contributed by atoms with van der Waals surface area (Å²) in [6.45, 7) is 0. The third-order valence-corrected chi connectivity index (χ3v) is 3.86. The van der Waals surface area contributed by atoms with Crippen LogP contribution in [0, 0.1) is 0 Å². The van der Waals surface area contributed by atoms with Crippen LogP contribution in [0.4, 0.5) is 0 Å². The Balaban J connectivity index is 1.73. The van der Waals surface area contributed by atoms with Gasteiger partial charge in [-0.25, -0.2) is 10.8 Å². The van der Waals surface area contributed by atoms with Crippen LogP contribution in [0.5, 0.6) is 0 Å². The molecule has 0 saturated carbocycles. The highest BCUT2D eigenvalue weighted by Gasteiger charge is 2.08. The smallest absolute Gasteiger partial charge is 0.265 e. The van der Waals surface area contributed by atoms with Crippen LogP contribution in [-0.2, 0) is 5.75 Å². The molecule has 5 nitrogen and oxygen atoms in total. The summed E-state index contributed by atoms with van der Waals surface area (Å²) in [4.78, 5) is 15.9. The second kappa shape index (κ2) is 5.99. The van der Waals surface area contributed by atoms with Crippen molar-refractivity contribution in [3.05, 3.63) is 59.7 Å². The van der Waals surface area contributed by atoms with Crippen molar-refractivity contribution in [2.75, 3.05) is 0 Å². The summed E-state index contributed by atoms with van der Waals surface area (Å²) in [5.41, 5.74) is 5.28. The number of nitrogens with one attached hydrogen (secondary N) is 1. The number of hydrazine groups is 1. The first-order valence-electron chi connectivity index (χ1n) is 6.34.